The predicted octanol–water partition coefficient (Wildman–Crippen LogP) is 4.02. The highest BCUT2D eigenvalue weighted by Gasteiger charge is 2.50. The van der Waals surface area contributed by atoms with Gasteiger partial charge in [-0.25, -0.2) is 9.69 Å². The average Bonchev–Trinajstić information content (AvgIpc) is 2.97. The maximum absolute atomic E-state index is 13.4. The molecule has 1 aromatic carbocycles. The van der Waals surface area contributed by atoms with Gasteiger partial charge >= 0.3 is 6.09 Å². The van der Waals surface area contributed by atoms with Crippen LogP contribution >= 0.6 is 0 Å². The molecule has 9 heteroatoms. The van der Waals surface area contributed by atoms with Crippen molar-refractivity contribution in [2.75, 3.05) is 18.6 Å². The van der Waals surface area contributed by atoms with Gasteiger partial charge in [0.05, 0.1) is 24.4 Å². The molecule has 0 bridgehead atoms. The van der Waals surface area contributed by atoms with Gasteiger partial charge in [-0.1, -0.05) is 32.9 Å². The number of phenolic OH excluding ortho intramolecular Hbond substituents is 1. The van der Waals surface area contributed by atoms with Crippen LogP contribution in [0.25, 0.3) is 0 Å². The second kappa shape index (κ2) is 7.31. The minimum Gasteiger partial charge on any atom is -0.504 e. The zero-order chi connectivity index (χ0) is 22.6. The Morgan fingerprint density at radius 2 is 1.93 bits per heavy atom. The summed E-state index contributed by atoms with van der Waals surface area (Å²) in [5.41, 5.74) is 1.08. The van der Waals surface area contributed by atoms with Gasteiger partial charge in [-0.05, 0) is 30.6 Å². The molecule has 2 aliphatic rings. The summed E-state index contributed by atoms with van der Waals surface area (Å²) in [6.45, 7) is 14.7. The average molecular weight is 435 g/mol. The molecule has 2 aliphatic heterocycles. The third kappa shape index (κ3) is 3.56. The molecule has 0 spiro atoms. The summed E-state index contributed by atoms with van der Waals surface area (Å²) in [7, 11) is -1.04. The minimum absolute atomic E-state index is 0.0921. The highest BCUT2D eigenvalue weighted by molar-refractivity contribution is 6.74. The van der Waals surface area contributed by atoms with E-state index in [4.69, 9.17) is 9.16 Å². The molecule has 1 fully saturated rings. The molecular formula is C21H30N2O6Si. The number of hydrogen-bond acceptors (Lipinski definition) is 5. The van der Waals surface area contributed by atoms with Gasteiger partial charge in [-0.15, -0.1) is 0 Å². The molecule has 164 valence electrons. The summed E-state index contributed by atoms with van der Waals surface area (Å²) in [5, 5.41) is 20.3. The van der Waals surface area contributed by atoms with Crippen molar-refractivity contribution in [3.8, 4) is 11.5 Å². The Balaban J connectivity index is 2.24. The second-order valence-corrected chi connectivity index (χ2v) is 14.2. The van der Waals surface area contributed by atoms with Crippen molar-refractivity contribution in [1.82, 2.24) is 4.90 Å². The number of fused-ring (bicyclic) bond motifs is 2. The zero-order valence-electron chi connectivity index (χ0n) is 18.4. The molecule has 30 heavy (non-hydrogen) atoms. The number of hydrogen-bond donors (Lipinski definition) is 2. The SMILES string of the molecule is C=C1CC2C(O[Si](C)(C)C(C)(C)C)N(C(=O)O)c3cc(O)c(OC)cc3C(=O)N2C1. The first-order chi connectivity index (χ1) is 13.8. The monoisotopic (exact) mass is 434 g/mol. The highest BCUT2D eigenvalue weighted by atomic mass is 28.4. The molecule has 0 radical (unpaired) electrons. The molecule has 1 saturated heterocycles. The van der Waals surface area contributed by atoms with Crippen molar-refractivity contribution in [3.05, 3.63) is 29.8 Å². The van der Waals surface area contributed by atoms with Crippen LogP contribution in [0.5, 0.6) is 11.5 Å². The lowest BCUT2D eigenvalue weighted by Gasteiger charge is -2.44. The van der Waals surface area contributed by atoms with Crippen molar-refractivity contribution in [2.24, 2.45) is 0 Å². The minimum atomic E-state index is -2.42. The highest BCUT2D eigenvalue weighted by Crippen LogP contribution is 2.44. The van der Waals surface area contributed by atoms with Crippen LogP contribution < -0.4 is 9.64 Å². The predicted molar refractivity (Wildman–Crippen MR) is 116 cm³/mol. The van der Waals surface area contributed by atoms with Gasteiger partial charge < -0.3 is 24.3 Å². The molecule has 3 rings (SSSR count). The van der Waals surface area contributed by atoms with E-state index in [-0.39, 0.29) is 33.7 Å². The number of methoxy groups -OCH3 is 1. The molecule has 0 saturated carbocycles. The molecule has 0 aliphatic carbocycles. The smallest absolute Gasteiger partial charge is 0.414 e. The van der Waals surface area contributed by atoms with E-state index in [0.717, 1.165) is 10.5 Å². The third-order valence-electron chi connectivity index (χ3n) is 6.35. The number of anilines is 1. The molecule has 8 nitrogen and oxygen atoms in total. The van der Waals surface area contributed by atoms with E-state index in [1.807, 2.05) is 13.1 Å². The van der Waals surface area contributed by atoms with Crippen LogP contribution in [0.1, 0.15) is 37.6 Å². The lowest BCUT2D eigenvalue weighted by Crippen LogP contribution is -2.57. The topological polar surface area (TPSA) is 99.5 Å². The third-order valence-corrected chi connectivity index (χ3v) is 10.8. The van der Waals surface area contributed by atoms with Gasteiger partial charge in [0.1, 0.15) is 0 Å². The quantitative estimate of drug-likeness (QED) is 0.551. The van der Waals surface area contributed by atoms with Crippen LogP contribution in [-0.4, -0.2) is 61.4 Å². The Hall–Kier alpha value is -2.52. The first kappa shape index (κ1) is 22.2. The number of phenols is 1. The molecule has 2 unspecified atom stereocenters. The number of amides is 2. The number of carbonyl (C=O) groups is 2. The first-order valence-electron chi connectivity index (χ1n) is 9.87. The Kier molecular flexibility index (Phi) is 5.40. The second-order valence-electron chi connectivity index (χ2n) is 9.42. The van der Waals surface area contributed by atoms with E-state index >= 15 is 0 Å². The van der Waals surface area contributed by atoms with Crippen LogP contribution in [0.2, 0.25) is 18.1 Å². The first-order valence-corrected chi connectivity index (χ1v) is 12.8. The van der Waals surface area contributed by atoms with E-state index < -0.39 is 26.7 Å². The van der Waals surface area contributed by atoms with Crippen molar-refractivity contribution >= 4 is 26.0 Å². The van der Waals surface area contributed by atoms with Crippen LogP contribution in [0.4, 0.5) is 10.5 Å². The molecule has 0 aromatic heterocycles. The number of aromatic hydroxyl groups is 1. The van der Waals surface area contributed by atoms with Gasteiger partial charge in [0.15, 0.2) is 26.0 Å². The number of carbonyl (C=O) groups excluding carboxylic acids is 1. The summed E-state index contributed by atoms with van der Waals surface area (Å²) in [5.74, 6) is -0.474. The van der Waals surface area contributed by atoms with E-state index in [9.17, 15) is 19.8 Å². The zero-order valence-corrected chi connectivity index (χ0v) is 19.4. The summed E-state index contributed by atoms with van der Waals surface area (Å²) < 4.78 is 11.7. The van der Waals surface area contributed by atoms with Crippen molar-refractivity contribution < 1.29 is 29.0 Å². The Bertz CT molecular complexity index is 907. The number of nitrogens with zero attached hydrogens (tertiary/aromatic N) is 2. The van der Waals surface area contributed by atoms with Gasteiger partial charge in [0.25, 0.3) is 5.91 Å². The van der Waals surface area contributed by atoms with E-state index in [1.54, 1.807) is 4.90 Å². The molecular weight excluding hydrogens is 404 g/mol. The number of carboxylic acid groups (broad SMARTS) is 1. The normalized spacial score (nSPS) is 21.9. The van der Waals surface area contributed by atoms with Crippen LogP contribution in [0.15, 0.2) is 24.3 Å². The van der Waals surface area contributed by atoms with Crippen molar-refractivity contribution in [1.29, 1.82) is 0 Å². The molecule has 2 atom stereocenters. The largest absolute Gasteiger partial charge is 0.504 e. The van der Waals surface area contributed by atoms with Crippen LogP contribution in [0.3, 0.4) is 0 Å². The molecule has 2 heterocycles. The fourth-order valence-corrected chi connectivity index (χ4v) is 4.90. The van der Waals surface area contributed by atoms with Gasteiger partial charge in [0.2, 0.25) is 0 Å². The molecule has 1 aromatic rings. The summed E-state index contributed by atoms with van der Waals surface area (Å²) >= 11 is 0. The summed E-state index contributed by atoms with van der Waals surface area (Å²) in [6.07, 6.45) is -1.72. The molecule has 2 amide bonds. The van der Waals surface area contributed by atoms with Crippen LogP contribution in [0, 0.1) is 0 Å². The van der Waals surface area contributed by atoms with Crippen molar-refractivity contribution in [3.63, 3.8) is 0 Å². The van der Waals surface area contributed by atoms with Gasteiger partial charge in [-0.2, -0.15) is 0 Å². The lowest BCUT2D eigenvalue weighted by molar-refractivity contribution is 0.0542. The number of rotatable bonds is 3. The maximum atomic E-state index is 13.4. The fraction of sp³-hybridized carbons (Fsp3) is 0.524. The van der Waals surface area contributed by atoms with Gasteiger partial charge in [-0.3, -0.25) is 4.79 Å². The number of ether oxygens (including phenoxy) is 1. The fourth-order valence-electron chi connectivity index (χ4n) is 3.68. The van der Waals surface area contributed by atoms with E-state index in [0.29, 0.717) is 13.0 Å². The standard InChI is InChI=1S/C21H30N2O6Si/c1-12-8-15-19(29-30(6,7)21(2,3)4)23(20(26)27)14-10-16(24)17(28-5)9-13(14)18(25)22(15)11-12/h9-10,15,19,24H,1,8,11H2,2-7H3,(H,26,27). The Morgan fingerprint density at radius 1 is 1.30 bits per heavy atom. The Morgan fingerprint density at radius 3 is 2.47 bits per heavy atom. The molecule has 2 N–H and O–H groups in total. The van der Waals surface area contributed by atoms with E-state index in [1.165, 1.54) is 19.2 Å². The lowest BCUT2D eigenvalue weighted by atomic mass is 10.1. The van der Waals surface area contributed by atoms with Gasteiger partial charge in [0, 0.05) is 12.6 Å². The van der Waals surface area contributed by atoms with Crippen LogP contribution in [-0.2, 0) is 4.43 Å². The summed E-state index contributed by atoms with van der Waals surface area (Å²) in [6, 6.07) is 2.14. The van der Waals surface area contributed by atoms with E-state index in [2.05, 4.69) is 27.4 Å². The Labute approximate surface area is 177 Å². The van der Waals surface area contributed by atoms with Crippen molar-refractivity contribution in [2.45, 2.75) is 57.6 Å². The summed E-state index contributed by atoms with van der Waals surface area (Å²) in [4.78, 5) is 28.6. The maximum Gasteiger partial charge on any atom is 0.414 e. The number of benzene rings is 1.